The van der Waals surface area contributed by atoms with Crippen LogP contribution in [0.4, 0.5) is 39.5 Å². The quantitative estimate of drug-likeness (QED) is 0.109. The lowest BCUT2D eigenvalue weighted by molar-refractivity contribution is -0.225. The second-order valence-electron chi connectivity index (χ2n) is 9.68. The van der Waals surface area contributed by atoms with E-state index in [1.807, 2.05) is 6.92 Å². The number of allylic oxidation sites excluding steroid dienone is 3. The normalized spacial score (nSPS) is 15.0. The van der Waals surface area contributed by atoms with Crippen LogP contribution in [0.3, 0.4) is 0 Å². The molecule has 0 aliphatic heterocycles. The van der Waals surface area contributed by atoms with Crippen LogP contribution in [0.1, 0.15) is 66.3 Å². The smallest absolute Gasteiger partial charge is 0.429 e. The second-order valence-corrected chi connectivity index (χ2v) is 9.68. The summed E-state index contributed by atoms with van der Waals surface area (Å²) < 4.78 is 133. The predicted molar refractivity (Wildman–Crippen MR) is 138 cm³/mol. The zero-order valence-corrected chi connectivity index (χ0v) is 22.1. The lowest BCUT2D eigenvalue weighted by Crippen LogP contribution is -2.22. The fraction of sp³-hybridized carbons (Fsp3) is 0.250. The summed E-state index contributed by atoms with van der Waals surface area (Å²) in [6, 6.07) is 6.61. The highest BCUT2D eigenvalue weighted by molar-refractivity contribution is 5.46. The number of ether oxygens (including phenoxy) is 1. The Morgan fingerprint density at radius 1 is 0.810 bits per heavy atom. The maximum Gasteiger partial charge on any atom is 0.432 e. The van der Waals surface area contributed by atoms with E-state index in [4.69, 9.17) is 0 Å². The fourth-order valence-corrected chi connectivity index (χ4v) is 4.44. The zero-order chi connectivity index (χ0) is 30.6. The van der Waals surface area contributed by atoms with Crippen molar-refractivity contribution in [2.24, 2.45) is 0 Å². The fourth-order valence-electron chi connectivity index (χ4n) is 4.44. The van der Waals surface area contributed by atoms with Gasteiger partial charge in [-0.05, 0) is 72.9 Å². The Morgan fingerprint density at radius 3 is 2.07 bits per heavy atom. The van der Waals surface area contributed by atoms with Gasteiger partial charge in [-0.25, -0.2) is 30.7 Å². The van der Waals surface area contributed by atoms with Crippen molar-refractivity contribution in [1.82, 2.24) is 0 Å². The van der Waals surface area contributed by atoms with Gasteiger partial charge in [0, 0.05) is 17.6 Å². The minimum Gasteiger partial charge on any atom is -0.429 e. The molecule has 1 unspecified atom stereocenters. The van der Waals surface area contributed by atoms with Gasteiger partial charge in [-0.15, -0.1) is 0 Å². The molecule has 3 aromatic rings. The van der Waals surface area contributed by atoms with Crippen LogP contribution < -0.4 is 0 Å². The van der Waals surface area contributed by atoms with Crippen molar-refractivity contribution in [1.29, 1.82) is 0 Å². The van der Waals surface area contributed by atoms with Crippen molar-refractivity contribution in [3.63, 3.8) is 0 Å². The average molecular weight is 595 g/mol. The topological polar surface area (TPSA) is 9.23 Å². The number of unbranched alkanes of at least 4 members (excludes halogenated alkanes) is 2. The maximum absolute atomic E-state index is 14.8. The molecule has 0 bridgehead atoms. The van der Waals surface area contributed by atoms with Crippen molar-refractivity contribution in [2.75, 3.05) is 0 Å². The Hall–Kier alpha value is -4.13. The Labute approximate surface area is 236 Å². The number of benzene rings is 3. The van der Waals surface area contributed by atoms with Gasteiger partial charge in [-0.3, -0.25) is 0 Å². The molecule has 1 aliphatic carbocycles. The standard InChI is InChI=1S/C32H23F9O/c1-2-3-4-5-18-6-8-20(24(33)12-18)9-7-19-13-26(35)30(27(36)14-19)32(40,41)42-22-10-11-23(25(34)17-22)21-15-28(37)31(39)29(38)16-21/h6,8,10,12-17,23H,2-5,11H2,1H3. The van der Waals surface area contributed by atoms with Crippen molar-refractivity contribution in [2.45, 2.75) is 51.1 Å². The van der Waals surface area contributed by atoms with Gasteiger partial charge in [-0.2, -0.15) is 8.78 Å². The number of aryl methyl sites for hydroxylation is 1. The van der Waals surface area contributed by atoms with Crippen molar-refractivity contribution in [3.05, 3.63) is 129 Å². The minimum atomic E-state index is -4.61. The van der Waals surface area contributed by atoms with Gasteiger partial charge >= 0.3 is 6.11 Å². The molecule has 0 aromatic heterocycles. The molecule has 0 N–H and O–H groups in total. The van der Waals surface area contributed by atoms with Crippen molar-refractivity contribution < 1.29 is 44.3 Å². The summed E-state index contributed by atoms with van der Waals surface area (Å²) in [6.07, 6.45) is -0.0516. The summed E-state index contributed by atoms with van der Waals surface area (Å²) in [5.74, 6) is -7.43. The van der Waals surface area contributed by atoms with Gasteiger partial charge in [0.1, 0.15) is 34.6 Å². The third kappa shape index (κ3) is 7.01. The summed E-state index contributed by atoms with van der Waals surface area (Å²) in [6.45, 7) is 2.04. The summed E-state index contributed by atoms with van der Waals surface area (Å²) >= 11 is 0. The van der Waals surface area contributed by atoms with Gasteiger partial charge < -0.3 is 4.74 Å². The maximum atomic E-state index is 14.8. The number of alkyl halides is 2. The van der Waals surface area contributed by atoms with Crippen LogP contribution in [0.25, 0.3) is 0 Å². The SMILES string of the molecule is CCCCCc1ccc(C#Cc2cc(F)c(C(F)(F)OC3=CCC(c4cc(F)c(F)c(F)c4)C(F)=C3)c(F)c2)c(F)c1. The largest absolute Gasteiger partial charge is 0.432 e. The molecular formula is C32H23F9O. The first-order valence-electron chi connectivity index (χ1n) is 13.0. The summed E-state index contributed by atoms with van der Waals surface area (Å²) in [4.78, 5) is 0. The molecule has 0 saturated heterocycles. The van der Waals surface area contributed by atoms with Crippen LogP contribution in [0.2, 0.25) is 0 Å². The predicted octanol–water partition coefficient (Wildman–Crippen LogP) is 9.64. The van der Waals surface area contributed by atoms with E-state index in [0.29, 0.717) is 36.8 Å². The molecule has 1 atom stereocenters. The first kappa shape index (κ1) is 30.8. The number of hydrogen-bond donors (Lipinski definition) is 0. The number of rotatable bonds is 8. The van der Waals surface area contributed by atoms with E-state index in [9.17, 15) is 39.5 Å². The molecule has 1 aliphatic rings. The molecule has 3 aromatic carbocycles. The Balaban J connectivity index is 1.50. The van der Waals surface area contributed by atoms with Gasteiger partial charge in [0.05, 0.1) is 5.56 Å². The van der Waals surface area contributed by atoms with Crippen LogP contribution in [0, 0.1) is 46.7 Å². The zero-order valence-electron chi connectivity index (χ0n) is 22.1. The molecular weight excluding hydrogens is 571 g/mol. The summed E-state index contributed by atoms with van der Waals surface area (Å²) in [5.41, 5.74) is -1.68. The molecule has 42 heavy (non-hydrogen) atoms. The molecule has 0 spiro atoms. The van der Waals surface area contributed by atoms with Crippen LogP contribution >= 0.6 is 0 Å². The third-order valence-electron chi connectivity index (χ3n) is 6.60. The van der Waals surface area contributed by atoms with Crippen LogP contribution in [0.15, 0.2) is 66.2 Å². The van der Waals surface area contributed by atoms with Gasteiger partial charge in [0.15, 0.2) is 17.5 Å². The van der Waals surface area contributed by atoms with E-state index in [0.717, 1.165) is 30.9 Å². The first-order valence-corrected chi connectivity index (χ1v) is 13.0. The average Bonchev–Trinajstić information content (AvgIpc) is 2.90. The van der Waals surface area contributed by atoms with E-state index in [-0.39, 0.29) is 16.7 Å². The molecule has 0 amide bonds. The third-order valence-corrected chi connectivity index (χ3v) is 6.60. The molecule has 0 saturated carbocycles. The summed E-state index contributed by atoms with van der Waals surface area (Å²) in [5, 5.41) is 0. The van der Waals surface area contributed by atoms with Crippen molar-refractivity contribution >= 4 is 0 Å². The highest BCUT2D eigenvalue weighted by atomic mass is 19.3. The Bertz CT molecular complexity index is 1570. The number of hydrogen-bond acceptors (Lipinski definition) is 1. The van der Waals surface area contributed by atoms with Crippen LogP contribution in [-0.2, 0) is 17.3 Å². The molecule has 1 nitrogen and oxygen atoms in total. The second kappa shape index (κ2) is 12.8. The van der Waals surface area contributed by atoms with Gasteiger partial charge in [0.25, 0.3) is 0 Å². The highest BCUT2D eigenvalue weighted by Crippen LogP contribution is 2.40. The molecule has 0 heterocycles. The van der Waals surface area contributed by atoms with Gasteiger partial charge in [0.2, 0.25) is 0 Å². The van der Waals surface area contributed by atoms with Crippen molar-refractivity contribution in [3.8, 4) is 11.8 Å². The van der Waals surface area contributed by atoms with E-state index in [1.54, 1.807) is 6.07 Å². The Morgan fingerprint density at radius 2 is 1.48 bits per heavy atom. The number of halogens is 9. The molecule has 10 heteroatoms. The van der Waals surface area contributed by atoms with Gasteiger partial charge in [-0.1, -0.05) is 37.7 Å². The molecule has 0 fully saturated rings. The lowest BCUT2D eigenvalue weighted by atomic mass is 9.90. The highest BCUT2D eigenvalue weighted by Gasteiger charge is 2.42. The molecule has 4 rings (SSSR count). The van der Waals surface area contributed by atoms with E-state index in [1.165, 1.54) is 12.1 Å². The van der Waals surface area contributed by atoms with E-state index >= 15 is 0 Å². The van der Waals surface area contributed by atoms with E-state index in [2.05, 4.69) is 16.6 Å². The Kier molecular flexibility index (Phi) is 9.40. The first-order chi connectivity index (χ1) is 19.9. The van der Waals surface area contributed by atoms with Crippen LogP contribution in [-0.4, -0.2) is 0 Å². The molecule has 220 valence electrons. The lowest BCUT2D eigenvalue weighted by Gasteiger charge is -2.24. The van der Waals surface area contributed by atoms with Crippen LogP contribution in [0.5, 0.6) is 0 Å². The monoisotopic (exact) mass is 594 g/mol. The van der Waals surface area contributed by atoms with E-state index < -0.39 is 70.5 Å². The summed E-state index contributed by atoms with van der Waals surface area (Å²) in [7, 11) is 0. The molecule has 0 radical (unpaired) electrons. The minimum absolute atomic E-state index is 0.0461.